The third kappa shape index (κ3) is 2.80. The Hall–Kier alpha value is -1.38. The molecule has 19 heavy (non-hydrogen) atoms. The van der Waals surface area contributed by atoms with Crippen LogP contribution >= 0.6 is 0 Å². The second kappa shape index (κ2) is 5.32. The third-order valence-corrected chi connectivity index (χ3v) is 5.14. The van der Waals surface area contributed by atoms with Gasteiger partial charge in [-0.15, -0.1) is 0 Å². The molecule has 1 aliphatic rings. The third-order valence-electron chi connectivity index (χ3n) is 3.19. The van der Waals surface area contributed by atoms with Gasteiger partial charge in [-0.05, 0) is 6.07 Å². The zero-order valence-corrected chi connectivity index (χ0v) is 12.0. The van der Waals surface area contributed by atoms with Gasteiger partial charge in [0.05, 0.1) is 17.6 Å². The van der Waals surface area contributed by atoms with Crippen LogP contribution in [0.4, 0.5) is 11.4 Å². The minimum absolute atomic E-state index is 0.461. The predicted octanol–water partition coefficient (Wildman–Crippen LogP) is -0.408. The lowest BCUT2D eigenvalue weighted by Gasteiger charge is -2.36. The fourth-order valence-electron chi connectivity index (χ4n) is 2.08. The van der Waals surface area contributed by atoms with Crippen LogP contribution in [0, 0.1) is 0 Å². The van der Waals surface area contributed by atoms with Gasteiger partial charge in [0.2, 0.25) is 0 Å². The number of nitrogens with zero attached hydrogens (tertiary/aromatic N) is 4. The number of nitrogens with two attached hydrogens (primary N) is 1. The number of hydrogen-bond acceptors (Lipinski definition) is 5. The summed E-state index contributed by atoms with van der Waals surface area (Å²) in [6.07, 6.45) is 3.30. The van der Waals surface area contributed by atoms with Gasteiger partial charge in [0.25, 0.3) is 10.2 Å². The average Bonchev–Trinajstić information content (AvgIpc) is 2.39. The molecule has 1 aromatic rings. The molecule has 2 heterocycles. The summed E-state index contributed by atoms with van der Waals surface area (Å²) in [6.45, 7) is 2.17. The Kier molecular flexibility index (Phi) is 3.93. The van der Waals surface area contributed by atoms with E-state index in [2.05, 4.69) is 9.88 Å². The van der Waals surface area contributed by atoms with Crippen molar-refractivity contribution in [1.29, 1.82) is 0 Å². The van der Waals surface area contributed by atoms with Crippen LogP contribution in [-0.2, 0) is 10.2 Å². The van der Waals surface area contributed by atoms with Gasteiger partial charge >= 0.3 is 0 Å². The smallest absolute Gasteiger partial charge is 0.281 e. The number of anilines is 2. The van der Waals surface area contributed by atoms with Crippen LogP contribution in [0.15, 0.2) is 18.5 Å². The number of piperazine rings is 1. The number of hydrogen-bond donors (Lipinski definition) is 1. The molecule has 2 rings (SSSR count). The molecule has 106 valence electrons. The van der Waals surface area contributed by atoms with E-state index in [1.165, 1.54) is 8.61 Å². The van der Waals surface area contributed by atoms with Crippen molar-refractivity contribution >= 4 is 21.6 Å². The molecule has 7 nitrogen and oxygen atoms in total. The van der Waals surface area contributed by atoms with Crippen molar-refractivity contribution in [3.8, 4) is 0 Å². The highest BCUT2D eigenvalue weighted by molar-refractivity contribution is 7.86. The summed E-state index contributed by atoms with van der Waals surface area (Å²) < 4.78 is 26.7. The highest BCUT2D eigenvalue weighted by Crippen LogP contribution is 2.23. The fourth-order valence-corrected chi connectivity index (χ4v) is 3.16. The van der Waals surface area contributed by atoms with Gasteiger partial charge in [-0.3, -0.25) is 4.98 Å². The number of aromatic nitrogens is 1. The number of rotatable bonds is 3. The highest BCUT2D eigenvalue weighted by atomic mass is 32.2. The summed E-state index contributed by atoms with van der Waals surface area (Å²) in [5, 5.41) is 0. The maximum atomic E-state index is 12.0. The van der Waals surface area contributed by atoms with Crippen molar-refractivity contribution in [1.82, 2.24) is 13.6 Å². The van der Waals surface area contributed by atoms with Crippen LogP contribution in [0.1, 0.15) is 0 Å². The van der Waals surface area contributed by atoms with E-state index in [0.717, 1.165) is 5.69 Å². The summed E-state index contributed by atoms with van der Waals surface area (Å²) in [7, 11) is -0.231. The summed E-state index contributed by atoms with van der Waals surface area (Å²) in [5.41, 5.74) is 7.41. The van der Waals surface area contributed by atoms with E-state index >= 15 is 0 Å². The van der Waals surface area contributed by atoms with Gasteiger partial charge < -0.3 is 10.6 Å². The normalized spacial score (nSPS) is 17.9. The monoisotopic (exact) mass is 285 g/mol. The largest absolute Gasteiger partial charge is 0.396 e. The highest BCUT2D eigenvalue weighted by Gasteiger charge is 2.28. The summed E-state index contributed by atoms with van der Waals surface area (Å²) in [4.78, 5) is 6.03. The van der Waals surface area contributed by atoms with Crippen LogP contribution in [0.3, 0.4) is 0 Å². The molecule has 0 radical (unpaired) electrons. The van der Waals surface area contributed by atoms with Crippen molar-refractivity contribution in [3.63, 3.8) is 0 Å². The first-order valence-corrected chi connectivity index (χ1v) is 7.44. The summed E-state index contributed by atoms with van der Waals surface area (Å²) in [5.74, 6) is 0. The molecule has 8 heteroatoms. The van der Waals surface area contributed by atoms with Crippen molar-refractivity contribution in [2.45, 2.75) is 0 Å². The maximum absolute atomic E-state index is 12.0. The van der Waals surface area contributed by atoms with Crippen molar-refractivity contribution in [2.24, 2.45) is 0 Å². The van der Waals surface area contributed by atoms with Crippen molar-refractivity contribution in [3.05, 3.63) is 18.5 Å². The molecule has 0 amide bonds. The summed E-state index contributed by atoms with van der Waals surface area (Å²) in [6, 6.07) is 1.85. The Balaban J connectivity index is 2.06. The van der Waals surface area contributed by atoms with Crippen LogP contribution in [0.2, 0.25) is 0 Å². The van der Waals surface area contributed by atoms with E-state index in [0.29, 0.717) is 31.9 Å². The Morgan fingerprint density at radius 1 is 1.26 bits per heavy atom. The Bertz CT molecular complexity index is 538. The first-order chi connectivity index (χ1) is 8.93. The van der Waals surface area contributed by atoms with Crippen molar-refractivity contribution in [2.75, 3.05) is 50.9 Å². The molecule has 0 bridgehead atoms. The Morgan fingerprint density at radius 3 is 2.42 bits per heavy atom. The first kappa shape index (κ1) is 14.0. The molecule has 0 saturated carbocycles. The molecular weight excluding hydrogens is 266 g/mol. The standard InChI is InChI=1S/C11H19N5O2S/c1-14(2)19(17,18)16-7-5-15(6-8-16)11-3-4-13-9-10(11)12/h3-4,9H,5-8,12H2,1-2H3. The zero-order valence-electron chi connectivity index (χ0n) is 11.2. The lowest BCUT2D eigenvalue weighted by atomic mass is 10.2. The van der Waals surface area contributed by atoms with Gasteiger partial charge in [-0.2, -0.15) is 17.0 Å². The molecule has 0 spiro atoms. The van der Waals surface area contributed by atoms with Gasteiger partial charge in [0.15, 0.2) is 0 Å². The minimum Gasteiger partial charge on any atom is -0.396 e. The van der Waals surface area contributed by atoms with E-state index in [-0.39, 0.29) is 0 Å². The molecule has 1 saturated heterocycles. The molecule has 0 atom stereocenters. The van der Waals surface area contributed by atoms with Gasteiger partial charge in [-0.25, -0.2) is 0 Å². The second-order valence-electron chi connectivity index (χ2n) is 4.61. The van der Waals surface area contributed by atoms with E-state index < -0.39 is 10.2 Å². The molecule has 0 aromatic carbocycles. The summed E-state index contributed by atoms with van der Waals surface area (Å²) >= 11 is 0. The lowest BCUT2D eigenvalue weighted by molar-refractivity contribution is 0.356. The molecular formula is C11H19N5O2S. The maximum Gasteiger partial charge on any atom is 0.281 e. The molecule has 1 fully saturated rings. The Labute approximate surface area is 113 Å². The molecule has 1 aliphatic heterocycles. The minimum atomic E-state index is -3.32. The van der Waals surface area contributed by atoms with E-state index in [4.69, 9.17) is 5.73 Å². The van der Waals surface area contributed by atoms with Crippen molar-refractivity contribution < 1.29 is 8.42 Å². The molecule has 0 aliphatic carbocycles. The van der Waals surface area contributed by atoms with E-state index in [1.54, 1.807) is 26.5 Å². The predicted molar refractivity (Wildman–Crippen MR) is 75.0 cm³/mol. The average molecular weight is 285 g/mol. The molecule has 0 unspecified atom stereocenters. The van der Waals surface area contributed by atoms with Crippen LogP contribution in [0.25, 0.3) is 0 Å². The van der Waals surface area contributed by atoms with Gasteiger partial charge in [0, 0.05) is 46.5 Å². The molecule has 1 aromatic heterocycles. The second-order valence-corrected chi connectivity index (χ2v) is 6.75. The van der Waals surface area contributed by atoms with Crippen LogP contribution in [0.5, 0.6) is 0 Å². The first-order valence-electron chi connectivity index (χ1n) is 6.05. The van der Waals surface area contributed by atoms with Gasteiger partial charge in [-0.1, -0.05) is 0 Å². The number of nitrogen functional groups attached to an aromatic ring is 1. The lowest BCUT2D eigenvalue weighted by Crippen LogP contribution is -2.51. The van der Waals surface area contributed by atoms with Crippen LogP contribution < -0.4 is 10.6 Å². The SMILES string of the molecule is CN(C)S(=O)(=O)N1CCN(c2ccncc2N)CC1. The molecule has 2 N–H and O–H groups in total. The van der Waals surface area contributed by atoms with Crippen LogP contribution in [-0.4, -0.2) is 62.3 Å². The fraction of sp³-hybridized carbons (Fsp3) is 0.545. The quantitative estimate of drug-likeness (QED) is 0.816. The van der Waals surface area contributed by atoms with E-state index in [1.807, 2.05) is 6.07 Å². The van der Waals surface area contributed by atoms with Gasteiger partial charge in [0.1, 0.15) is 0 Å². The zero-order chi connectivity index (χ0) is 14.0. The Morgan fingerprint density at radius 2 is 1.89 bits per heavy atom. The van der Waals surface area contributed by atoms with E-state index in [9.17, 15) is 8.42 Å². The topological polar surface area (TPSA) is 82.8 Å². The number of pyridine rings is 1.